The second-order valence-electron chi connectivity index (χ2n) is 8.28. The second-order valence-corrected chi connectivity index (χ2v) is 9.93. The van der Waals surface area contributed by atoms with E-state index in [1.807, 2.05) is 26.8 Å². The molecule has 1 saturated carbocycles. The molecule has 4 rings (SSSR count). The maximum absolute atomic E-state index is 13.2. The molecule has 1 aliphatic carbocycles. The molecule has 2 N–H and O–H groups in total. The van der Waals surface area contributed by atoms with Crippen molar-refractivity contribution in [3.05, 3.63) is 53.9 Å². The van der Waals surface area contributed by atoms with Gasteiger partial charge < -0.3 is 9.72 Å². The van der Waals surface area contributed by atoms with Crippen LogP contribution in [0.3, 0.4) is 0 Å². The number of amides is 1. The number of fused-ring (bicyclic) bond motifs is 1. The van der Waals surface area contributed by atoms with Crippen molar-refractivity contribution in [2.45, 2.75) is 43.9 Å². The zero-order valence-electron chi connectivity index (χ0n) is 17.2. The molecule has 1 amide bonds. The fourth-order valence-electron chi connectivity index (χ4n) is 3.57. The summed E-state index contributed by atoms with van der Waals surface area (Å²) in [6, 6.07) is 8.48. The number of aromatic amines is 1. The number of aryl methyl sites for hydroxylation is 1. The summed E-state index contributed by atoms with van der Waals surface area (Å²) >= 11 is 0. The van der Waals surface area contributed by atoms with Crippen LogP contribution >= 0.6 is 0 Å². The van der Waals surface area contributed by atoms with Gasteiger partial charge in [0.05, 0.1) is 16.9 Å². The van der Waals surface area contributed by atoms with Gasteiger partial charge in [0.2, 0.25) is 11.8 Å². The van der Waals surface area contributed by atoms with Crippen molar-refractivity contribution in [3.63, 3.8) is 0 Å². The molecular formula is C22H25N3O4S. The van der Waals surface area contributed by atoms with Crippen LogP contribution in [0.1, 0.15) is 37.8 Å². The first-order valence-electron chi connectivity index (χ1n) is 9.96. The molecule has 0 saturated heterocycles. The molecule has 0 atom stereocenters. The number of sulfonamides is 1. The number of pyridine rings is 1. The van der Waals surface area contributed by atoms with E-state index in [2.05, 4.69) is 14.7 Å². The number of carbonyl (C=O) groups is 1. The van der Waals surface area contributed by atoms with Crippen LogP contribution in [0.2, 0.25) is 0 Å². The van der Waals surface area contributed by atoms with E-state index in [4.69, 9.17) is 4.74 Å². The molecule has 158 valence electrons. The first-order valence-corrected chi connectivity index (χ1v) is 11.4. The number of hydrogen-bond donors (Lipinski definition) is 2. The summed E-state index contributed by atoms with van der Waals surface area (Å²) in [5, 5.41) is 0.542. The van der Waals surface area contributed by atoms with Gasteiger partial charge in [0.25, 0.3) is 10.0 Å². The van der Waals surface area contributed by atoms with Crippen LogP contribution in [0, 0.1) is 12.8 Å². The maximum Gasteiger partial charge on any atom is 0.264 e. The lowest BCUT2D eigenvalue weighted by Crippen LogP contribution is -2.39. The van der Waals surface area contributed by atoms with Gasteiger partial charge in [-0.25, -0.2) is 18.1 Å². The Morgan fingerprint density at radius 1 is 1.30 bits per heavy atom. The zero-order chi connectivity index (χ0) is 21.5. The van der Waals surface area contributed by atoms with Crippen LogP contribution in [-0.2, 0) is 20.2 Å². The summed E-state index contributed by atoms with van der Waals surface area (Å²) in [6.07, 6.45) is 4.46. The summed E-state index contributed by atoms with van der Waals surface area (Å²) in [6.45, 7) is 6.41. The SMILES string of the molecule is Cc1cnc(OCC(C)C)c(C2(C(=O)NS(=O)(=O)c3cccc4[nH]ccc34)CC2)c1. The number of hydrogen-bond acceptors (Lipinski definition) is 5. The molecule has 1 aliphatic rings. The fourth-order valence-corrected chi connectivity index (χ4v) is 4.84. The highest BCUT2D eigenvalue weighted by molar-refractivity contribution is 7.90. The number of rotatable bonds is 7. The Morgan fingerprint density at radius 3 is 2.77 bits per heavy atom. The number of H-pyrrole nitrogens is 1. The Hall–Kier alpha value is -2.87. The maximum atomic E-state index is 13.2. The van der Waals surface area contributed by atoms with Gasteiger partial charge >= 0.3 is 0 Å². The van der Waals surface area contributed by atoms with E-state index in [1.165, 1.54) is 6.07 Å². The predicted molar refractivity (Wildman–Crippen MR) is 114 cm³/mol. The van der Waals surface area contributed by atoms with E-state index in [0.29, 0.717) is 47.7 Å². The minimum Gasteiger partial charge on any atom is -0.477 e. The number of nitrogens with one attached hydrogen (secondary N) is 2. The topological polar surface area (TPSA) is 101 Å². The Morgan fingerprint density at radius 2 is 2.07 bits per heavy atom. The molecular weight excluding hydrogens is 402 g/mol. The van der Waals surface area contributed by atoms with Crippen LogP contribution in [0.4, 0.5) is 0 Å². The van der Waals surface area contributed by atoms with E-state index in [-0.39, 0.29) is 4.90 Å². The highest BCUT2D eigenvalue weighted by Gasteiger charge is 2.54. The summed E-state index contributed by atoms with van der Waals surface area (Å²) in [5.41, 5.74) is 1.29. The minimum absolute atomic E-state index is 0.0732. The second kappa shape index (κ2) is 7.43. The molecule has 0 unspecified atom stereocenters. The van der Waals surface area contributed by atoms with E-state index in [9.17, 15) is 13.2 Å². The van der Waals surface area contributed by atoms with Gasteiger partial charge in [-0.3, -0.25) is 4.79 Å². The Labute approximate surface area is 175 Å². The normalized spacial score (nSPS) is 15.3. The lowest BCUT2D eigenvalue weighted by atomic mass is 9.95. The monoisotopic (exact) mass is 427 g/mol. The van der Waals surface area contributed by atoms with Crippen molar-refractivity contribution in [1.82, 2.24) is 14.7 Å². The van der Waals surface area contributed by atoms with E-state index < -0.39 is 21.3 Å². The molecule has 7 nitrogen and oxygen atoms in total. The predicted octanol–water partition coefficient (Wildman–Crippen LogP) is 3.44. The van der Waals surface area contributed by atoms with Crippen molar-refractivity contribution in [3.8, 4) is 5.88 Å². The number of benzene rings is 1. The molecule has 30 heavy (non-hydrogen) atoms. The van der Waals surface area contributed by atoms with Crippen molar-refractivity contribution < 1.29 is 17.9 Å². The summed E-state index contributed by atoms with van der Waals surface area (Å²) in [4.78, 5) is 20.6. The lowest BCUT2D eigenvalue weighted by molar-refractivity contribution is -0.121. The van der Waals surface area contributed by atoms with E-state index in [0.717, 1.165) is 5.56 Å². The number of aromatic nitrogens is 2. The third-order valence-electron chi connectivity index (χ3n) is 5.31. The lowest BCUT2D eigenvalue weighted by Gasteiger charge is -2.20. The zero-order valence-corrected chi connectivity index (χ0v) is 18.0. The first kappa shape index (κ1) is 20.4. The van der Waals surface area contributed by atoms with Gasteiger partial charge in [-0.15, -0.1) is 0 Å². The summed E-state index contributed by atoms with van der Waals surface area (Å²) in [5.74, 6) is 0.149. The van der Waals surface area contributed by atoms with Crippen molar-refractivity contribution in [1.29, 1.82) is 0 Å². The third kappa shape index (κ3) is 3.67. The summed E-state index contributed by atoms with van der Waals surface area (Å²) < 4.78 is 34.2. The fraction of sp³-hybridized carbons (Fsp3) is 0.364. The highest BCUT2D eigenvalue weighted by atomic mass is 32.2. The van der Waals surface area contributed by atoms with Gasteiger partial charge in [-0.2, -0.15) is 0 Å². The smallest absolute Gasteiger partial charge is 0.264 e. The van der Waals surface area contributed by atoms with Gasteiger partial charge in [-0.1, -0.05) is 19.9 Å². The van der Waals surface area contributed by atoms with Gasteiger partial charge in [0.1, 0.15) is 0 Å². The first-order chi connectivity index (χ1) is 14.2. The van der Waals surface area contributed by atoms with Crippen LogP contribution in [0.15, 0.2) is 47.6 Å². The quantitative estimate of drug-likeness (QED) is 0.601. The molecule has 1 aromatic carbocycles. The molecule has 2 aromatic heterocycles. The number of carbonyl (C=O) groups excluding carboxylic acids is 1. The average molecular weight is 428 g/mol. The van der Waals surface area contributed by atoms with Crippen LogP contribution in [0.25, 0.3) is 10.9 Å². The molecule has 1 fully saturated rings. The van der Waals surface area contributed by atoms with Crippen LogP contribution < -0.4 is 9.46 Å². The Kier molecular flexibility index (Phi) is 5.05. The molecule has 3 aromatic rings. The summed E-state index contributed by atoms with van der Waals surface area (Å²) in [7, 11) is -4.04. The molecule has 8 heteroatoms. The molecule has 0 radical (unpaired) electrons. The Bertz CT molecular complexity index is 1210. The van der Waals surface area contributed by atoms with Gasteiger partial charge in [0, 0.05) is 28.9 Å². The van der Waals surface area contributed by atoms with Crippen molar-refractivity contribution in [2.24, 2.45) is 5.92 Å². The average Bonchev–Trinajstić information content (AvgIpc) is 3.36. The van der Waals surface area contributed by atoms with Crippen molar-refractivity contribution >= 4 is 26.8 Å². The standard InChI is InChI=1S/C22H25N3O4S/c1-14(2)13-29-20-17(11-15(3)12-24-20)22(8-9-22)21(26)25-30(27,28)19-6-4-5-18-16(19)7-10-23-18/h4-7,10-12,14,23H,8-9,13H2,1-3H3,(H,25,26). The van der Waals surface area contributed by atoms with Gasteiger partial charge in [0.15, 0.2) is 0 Å². The van der Waals surface area contributed by atoms with Gasteiger partial charge in [-0.05, 0) is 55.5 Å². The molecule has 0 spiro atoms. The number of nitrogens with zero attached hydrogens (tertiary/aromatic N) is 1. The molecule has 0 aliphatic heterocycles. The Balaban J connectivity index is 1.66. The largest absolute Gasteiger partial charge is 0.477 e. The van der Waals surface area contributed by atoms with E-state index >= 15 is 0 Å². The van der Waals surface area contributed by atoms with Crippen LogP contribution in [-0.4, -0.2) is 30.9 Å². The van der Waals surface area contributed by atoms with Crippen molar-refractivity contribution in [2.75, 3.05) is 6.61 Å². The minimum atomic E-state index is -4.04. The van der Waals surface area contributed by atoms with E-state index in [1.54, 1.807) is 30.6 Å². The molecule has 0 bridgehead atoms. The third-order valence-corrected chi connectivity index (χ3v) is 6.70. The number of ether oxygens (including phenoxy) is 1. The highest BCUT2D eigenvalue weighted by Crippen LogP contribution is 2.51. The molecule has 2 heterocycles. The van der Waals surface area contributed by atoms with Crippen LogP contribution in [0.5, 0.6) is 5.88 Å².